The topological polar surface area (TPSA) is 74.3 Å². The summed E-state index contributed by atoms with van der Waals surface area (Å²) >= 11 is 0. The van der Waals surface area contributed by atoms with Crippen LogP contribution in [0.2, 0.25) is 0 Å². The third kappa shape index (κ3) is 3.34. The van der Waals surface area contributed by atoms with Crippen LogP contribution in [0.5, 0.6) is 0 Å². The minimum atomic E-state index is -0.501. The van der Waals surface area contributed by atoms with E-state index in [4.69, 9.17) is 0 Å². The maximum absolute atomic E-state index is 14.5. The number of carbonyl (C=O) groups is 2. The number of rotatable bonds is 3. The molecule has 124 valence electrons. The summed E-state index contributed by atoms with van der Waals surface area (Å²) in [6, 6.07) is 1.85. The van der Waals surface area contributed by atoms with Crippen LogP contribution < -0.4 is 15.5 Å². The quantitative estimate of drug-likeness (QED) is 0.811. The molecule has 0 saturated carbocycles. The van der Waals surface area contributed by atoms with Crippen LogP contribution in [0.15, 0.2) is 12.3 Å². The minimum absolute atomic E-state index is 0.274. The first-order valence-electron chi connectivity index (χ1n) is 8.00. The van der Waals surface area contributed by atoms with Gasteiger partial charge in [-0.05, 0) is 37.9 Å². The predicted octanol–water partition coefficient (Wildman–Crippen LogP) is 0.929. The van der Waals surface area contributed by atoms with Gasteiger partial charge < -0.3 is 10.2 Å². The summed E-state index contributed by atoms with van der Waals surface area (Å²) in [7, 11) is 1.94. The second-order valence-corrected chi connectivity index (χ2v) is 6.13. The summed E-state index contributed by atoms with van der Waals surface area (Å²) in [5, 5.41) is 5.53. The first-order valence-corrected chi connectivity index (χ1v) is 8.00. The lowest BCUT2D eigenvalue weighted by Gasteiger charge is -2.33. The predicted molar refractivity (Wildman–Crippen MR) is 83.6 cm³/mol. The standard InChI is InChI=1S/C16H21FN4O2/c1-18-11-4-6-21(7-5-11)15-13(17)8-10(9-19-15)12-2-3-14(22)20-16(12)23/h8-9,11-12,18H,2-7H2,1H3,(H,20,22,23). The van der Waals surface area contributed by atoms with E-state index in [1.54, 1.807) is 6.20 Å². The number of amides is 2. The monoisotopic (exact) mass is 320 g/mol. The van der Waals surface area contributed by atoms with Crippen LogP contribution in [0.25, 0.3) is 0 Å². The zero-order valence-electron chi connectivity index (χ0n) is 13.1. The van der Waals surface area contributed by atoms with Crippen LogP contribution in [0.4, 0.5) is 10.2 Å². The Morgan fingerprint density at radius 2 is 2.04 bits per heavy atom. The molecular formula is C16H21FN4O2. The Labute approximate surface area is 134 Å². The van der Waals surface area contributed by atoms with Gasteiger partial charge in [0, 0.05) is 31.7 Å². The highest BCUT2D eigenvalue weighted by atomic mass is 19.1. The molecule has 3 rings (SSSR count). The highest BCUT2D eigenvalue weighted by Gasteiger charge is 2.29. The van der Waals surface area contributed by atoms with Crippen molar-refractivity contribution in [2.75, 3.05) is 25.0 Å². The molecule has 0 aliphatic carbocycles. The molecular weight excluding hydrogens is 299 g/mol. The molecule has 1 atom stereocenters. The van der Waals surface area contributed by atoms with Crippen molar-refractivity contribution in [1.82, 2.24) is 15.6 Å². The van der Waals surface area contributed by atoms with E-state index in [1.165, 1.54) is 6.07 Å². The number of nitrogens with one attached hydrogen (secondary N) is 2. The van der Waals surface area contributed by atoms with Gasteiger partial charge in [0.25, 0.3) is 0 Å². The molecule has 0 aromatic carbocycles. The van der Waals surface area contributed by atoms with E-state index in [-0.39, 0.29) is 18.2 Å². The van der Waals surface area contributed by atoms with Crippen molar-refractivity contribution in [3.8, 4) is 0 Å². The summed E-state index contributed by atoms with van der Waals surface area (Å²) in [6.45, 7) is 1.51. The molecule has 2 amide bonds. The number of pyridine rings is 1. The average Bonchev–Trinajstić information content (AvgIpc) is 2.55. The summed E-state index contributed by atoms with van der Waals surface area (Å²) in [5.74, 6) is -1.21. The molecule has 3 heterocycles. The summed E-state index contributed by atoms with van der Waals surface area (Å²) in [6.07, 6.45) is 4.14. The van der Waals surface area contributed by atoms with Gasteiger partial charge >= 0.3 is 0 Å². The Kier molecular flexibility index (Phi) is 4.56. The lowest BCUT2D eigenvalue weighted by atomic mass is 9.91. The normalized spacial score (nSPS) is 23.0. The first kappa shape index (κ1) is 15.9. The van der Waals surface area contributed by atoms with Gasteiger partial charge in [-0.25, -0.2) is 9.37 Å². The van der Waals surface area contributed by atoms with E-state index in [9.17, 15) is 14.0 Å². The van der Waals surface area contributed by atoms with Crippen molar-refractivity contribution in [1.29, 1.82) is 0 Å². The van der Waals surface area contributed by atoms with Gasteiger partial charge in [-0.15, -0.1) is 0 Å². The van der Waals surface area contributed by atoms with Gasteiger partial charge in [-0.2, -0.15) is 0 Å². The van der Waals surface area contributed by atoms with E-state index in [0.29, 0.717) is 23.8 Å². The van der Waals surface area contributed by atoms with Crippen molar-refractivity contribution in [3.63, 3.8) is 0 Å². The molecule has 0 spiro atoms. The van der Waals surface area contributed by atoms with Crippen LogP contribution >= 0.6 is 0 Å². The number of anilines is 1. The maximum Gasteiger partial charge on any atom is 0.234 e. The molecule has 1 unspecified atom stereocenters. The summed E-state index contributed by atoms with van der Waals surface area (Å²) in [4.78, 5) is 29.3. The van der Waals surface area contributed by atoms with Crippen molar-refractivity contribution in [2.45, 2.75) is 37.6 Å². The molecule has 2 fully saturated rings. The van der Waals surface area contributed by atoms with Crippen molar-refractivity contribution < 1.29 is 14.0 Å². The number of aromatic nitrogens is 1. The van der Waals surface area contributed by atoms with Crippen molar-refractivity contribution >= 4 is 17.6 Å². The smallest absolute Gasteiger partial charge is 0.234 e. The third-order valence-electron chi connectivity index (χ3n) is 4.69. The van der Waals surface area contributed by atoms with Crippen LogP contribution in [0.1, 0.15) is 37.2 Å². The minimum Gasteiger partial charge on any atom is -0.354 e. The summed E-state index contributed by atoms with van der Waals surface area (Å²) < 4.78 is 14.5. The number of nitrogens with zero attached hydrogens (tertiary/aromatic N) is 2. The van der Waals surface area contributed by atoms with Crippen molar-refractivity contribution in [3.05, 3.63) is 23.6 Å². The Hall–Kier alpha value is -2.02. The van der Waals surface area contributed by atoms with Gasteiger partial charge in [0.1, 0.15) is 0 Å². The Balaban J connectivity index is 1.73. The van der Waals surface area contributed by atoms with Crippen LogP contribution in [0, 0.1) is 5.82 Å². The maximum atomic E-state index is 14.5. The molecule has 6 nitrogen and oxygen atoms in total. The molecule has 2 aliphatic rings. The SMILES string of the molecule is CNC1CCN(c2ncc(C3CCC(=O)NC3=O)cc2F)CC1. The molecule has 23 heavy (non-hydrogen) atoms. The van der Waals surface area contributed by atoms with Crippen LogP contribution in [0.3, 0.4) is 0 Å². The lowest BCUT2D eigenvalue weighted by molar-refractivity contribution is -0.134. The Morgan fingerprint density at radius 3 is 2.65 bits per heavy atom. The fourth-order valence-electron chi connectivity index (χ4n) is 3.26. The van der Waals surface area contributed by atoms with Gasteiger partial charge in [-0.3, -0.25) is 14.9 Å². The second-order valence-electron chi connectivity index (χ2n) is 6.13. The number of hydrogen-bond acceptors (Lipinski definition) is 5. The second kappa shape index (κ2) is 6.62. The van der Waals surface area contributed by atoms with E-state index in [2.05, 4.69) is 15.6 Å². The molecule has 1 aromatic heterocycles. The zero-order chi connectivity index (χ0) is 16.4. The average molecular weight is 320 g/mol. The summed E-state index contributed by atoms with van der Waals surface area (Å²) in [5.41, 5.74) is 0.529. The fourth-order valence-corrected chi connectivity index (χ4v) is 3.26. The third-order valence-corrected chi connectivity index (χ3v) is 4.69. The van der Waals surface area contributed by atoms with E-state index in [1.807, 2.05) is 11.9 Å². The molecule has 1 aromatic rings. The lowest BCUT2D eigenvalue weighted by Crippen LogP contribution is -2.42. The number of carbonyl (C=O) groups excluding carboxylic acids is 2. The number of imide groups is 1. The van der Waals surface area contributed by atoms with E-state index < -0.39 is 11.7 Å². The molecule has 0 radical (unpaired) electrons. The molecule has 2 N–H and O–H groups in total. The van der Waals surface area contributed by atoms with Gasteiger partial charge in [0.15, 0.2) is 11.6 Å². The fraction of sp³-hybridized carbons (Fsp3) is 0.562. The molecule has 2 aliphatic heterocycles. The van der Waals surface area contributed by atoms with Crippen LogP contribution in [-0.2, 0) is 9.59 Å². The number of halogens is 1. The number of hydrogen-bond donors (Lipinski definition) is 2. The Morgan fingerprint density at radius 1 is 1.30 bits per heavy atom. The highest BCUT2D eigenvalue weighted by molar-refractivity contribution is 6.00. The van der Waals surface area contributed by atoms with Gasteiger partial charge in [0.05, 0.1) is 5.92 Å². The highest BCUT2D eigenvalue weighted by Crippen LogP contribution is 2.28. The number of piperidine rings is 2. The Bertz CT molecular complexity index is 614. The molecule has 7 heteroatoms. The first-order chi connectivity index (χ1) is 11.1. The largest absolute Gasteiger partial charge is 0.354 e. The van der Waals surface area contributed by atoms with Crippen LogP contribution in [-0.4, -0.2) is 43.0 Å². The van der Waals surface area contributed by atoms with E-state index >= 15 is 0 Å². The van der Waals surface area contributed by atoms with Gasteiger partial charge in [-0.1, -0.05) is 0 Å². The molecule has 2 saturated heterocycles. The van der Waals surface area contributed by atoms with Crippen molar-refractivity contribution in [2.24, 2.45) is 0 Å². The molecule has 0 bridgehead atoms. The zero-order valence-corrected chi connectivity index (χ0v) is 13.1. The van der Waals surface area contributed by atoms with Gasteiger partial charge in [0.2, 0.25) is 11.8 Å². The van der Waals surface area contributed by atoms with E-state index in [0.717, 1.165) is 25.9 Å².